The van der Waals surface area contributed by atoms with Crippen molar-refractivity contribution < 1.29 is 0 Å². The summed E-state index contributed by atoms with van der Waals surface area (Å²) in [6.45, 7) is 0.639. The largest absolute Gasteiger partial charge is 0.369 e. The molecule has 0 aliphatic carbocycles. The van der Waals surface area contributed by atoms with Crippen LogP contribution >= 0.6 is 15.9 Å². The summed E-state index contributed by atoms with van der Waals surface area (Å²) in [6.07, 6.45) is 2.20. The molecule has 0 unspecified atom stereocenters. The Morgan fingerprint density at radius 2 is 2.50 bits per heavy atom. The maximum atomic E-state index is 8.28. The third-order valence-electron chi connectivity index (χ3n) is 1.26. The molecule has 1 N–H and O–H groups in total. The maximum absolute atomic E-state index is 8.28. The molecule has 3 nitrogen and oxygen atoms in total. The van der Waals surface area contributed by atoms with E-state index < -0.39 is 0 Å². The van der Waals surface area contributed by atoms with Crippen LogP contribution in [0.25, 0.3) is 0 Å². The standard InChI is InChI=1S/C8H8BrN3/c9-7-2-5-12-8(6-7)11-4-1-3-10/h2,5-6H,1,4H2,(H,11,12). The molecule has 0 aliphatic rings. The lowest BCUT2D eigenvalue weighted by molar-refractivity contribution is 1.05. The van der Waals surface area contributed by atoms with Gasteiger partial charge in [0.15, 0.2) is 0 Å². The van der Waals surface area contributed by atoms with Gasteiger partial charge in [-0.2, -0.15) is 5.26 Å². The van der Waals surface area contributed by atoms with E-state index in [0.29, 0.717) is 13.0 Å². The Hall–Kier alpha value is -1.08. The Morgan fingerprint density at radius 1 is 1.67 bits per heavy atom. The van der Waals surface area contributed by atoms with Gasteiger partial charge in [-0.3, -0.25) is 0 Å². The zero-order valence-corrected chi connectivity index (χ0v) is 8.00. The van der Waals surface area contributed by atoms with E-state index in [9.17, 15) is 0 Å². The molecule has 1 aromatic rings. The van der Waals surface area contributed by atoms with Crippen LogP contribution in [0.4, 0.5) is 5.82 Å². The summed E-state index contributed by atoms with van der Waals surface area (Å²) in [7, 11) is 0. The first-order valence-corrected chi connectivity index (χ1v) is 4.34. The molecule has 0 saturated carbocycles. The summed E-state index contributed by atoms with van der Waals surface area (Å²) in [5.74, 6) is 0.791. The molecule has 0 aliphatic heterocycles. The van der Waals surface area contributed by atoms with E-state index in [-0.39, 0.29) is 0 Å². The van der Waals surface area contributed by atoms with Crippen molar-refractivity contribution >= 4 is 21.7 Å². The molecule has 4 heteroatoms. The van der Waals surface area contributed by atoms with Crippen LogP contribution in [0.15, 0.2) is 22.8 Å². The zero-order chi connectivity index (χ0) is 8.81. The second kappa shape index (κ2) is 4.73. The fraction of sp³-hybridized carbons (Fsp3) is 0.250. The Labute approximate surface area is 79.6 Å². The number of hydrogen-bond donors (Lipinski definition) is 1. The van der Waals surface area contributed by atoms with E-state index >= 15 is 0 Å². The van der Waals surface area contributed by atoms with Crippen molar-refractivity contribution in [2.45, 2.75) is 6.42 Å². The average Bonchev–Trinajstić information content (AvgIpc) is 2.05. The van der Waals surface area contributed by atoms with E-state index in [4.69, 9.17) is 5.26 Å². The van der Waals surface area contributed by atoms with E-state index in [1.165, 1.54) is 0 Å². The number of hydrogen-bond acceptors (Lipinski definition) is 3. The third kappa shape index (κ3) is 2.89. The lowest BCUT2D eigenvalue weighted by Gasteiger charge is -2.01. The monoisotopic (exact) mass is 225 g/mol. The van der Waals surface area contributed by atoms with Crippen molar-refractivity contribution in [3.63, 3.8) is 0 Å². The molecule has 62 valence electrons. The van der Waals surface area contributed by atoms with Gasteiger partial charge in [-0.15, -0.1) is 0 Å². The highest BCUT2D eigenvalue weighted by Crippen LogP contribution is 2.12. The summed E-state index contributed by atoms with van der Waals surface area (Å²) >= 11 is 3.33. The van der Waals surface area contributed by atoms with Gasteiger partial charge in [0.2, 0.25) is 0 Å². The normalized spacial score (nSPS) is 9.00. The van der Waals surface area contributed by atoms with Crippen LogP contribution in [0, 0.1) is 11.3 Å². The minimum absolute atomic E-state index is 0.494. The minimum Gasteiger partial charge on any atom is -0.369 e. The molecule has 0 bridgehead atoms. The fourth-order valence-corrected chi connectivity index (χ4v) is 1.08. The van der Waals surface area contributed by atoms with E-state index in [0.717, 1.165) is 10.3 Å². The van der Waals surface area contributed by atoms with Crippen LogP contribution in [0.2, 0.25) is 0 Å². The summed E-state index contributed by atoms with van der Waals surface area (Å²) in [6, 6.07) is 5.78. The fourth-order valence-electron chi connectivity index (χ4n) is 0.748. The molecule has 1 aromatic heterocycles. The quantitative estimate of drug-likeness (QED) is 0.803. The highest BCUT2D eigenvalue weighted by atomic mass is 79.9. The third-order valence-corrected chi connectivity index (χ3v) is 1.76. The first kappa shape index (κ1) is 9.01. The molecule has 1 heterocycles. The molecular weight excluding hydrogens is 218 g/mol. The molecule has 12 heavy (non-hydrogen) atoms. The predicted molar refractivity (Wildman–Crippen MR) is 50.7 cm³/mol. The molecule has 0 amide bonds. The summed E-state index contributed by atoms with van der Waals surface area (Å²) in [5.41, 5.74) is 0. The number of anilines is 1. The van der Waals surface area contributed by atoms with Gasteiger partial charge in [0.1, 0.15) is 5.82 Å². The van der Waals surface area contributed by atoms with Crippen LogP contribution in [-0.4, -0.2) is 11.5 Å². The molecule has 0 atom stereocenters. The van der Waals surface area contributed by atoms with Crippen LogP contribution in [0.3, 0.4) is 0 Å². The number of pyridine rings is 1. The predicted octanol–water partition coefficient (Wildman–Crippen LogP) is 2.17. The second-order valence-corrected chi connectivity index (χ2v) is 3.11. The van der Waals surface area contributed by atoms with Gasteiger partial charge in [0.25, 0.3) is 0 Å². The smallest absolute Gasteiger partial charge is 0.127 e. The van der Waals surface area contributed by atoms with Gasteiger partial charge in [0.05, 0.1) is 12.5 Å². The van der Waals surface area contributed by atoms with Crippen molar-refractivity contribution in [2.75, 3.05) is 11.9 Å². The van der Waals surface area contributed by atoms with Crippen molar-refractivity contribution in [2.24, 2.45) is 0 Å². The van der Waals surface area contributed by atoms with Crippen molar-refractivity contribution in [1.82, 2.24) is 4.98 Å². The van der Waals surface area contributed by atoms with Crippen LogP contribution in [0.5, 0.6) is 0 Å². The molecule has 0 saturated heterocycles. The molecule has 0 radical (unpaired) electrons. The van der Waals surface area contributed by atoms with Gasteiger partial charge in [-0.25, -0.2) is 4.98 Å². The summed E-state index contributed by atoms with van der Waals surface area (Å²) in [4.78, 5) is 4.06. The lowest BCUT2D eigenvalue weighted by Crippen LogP contribution is -2.01. The Bertz CT molecular complexity index is 293. The van der Waals surface area contributed by atoms with E-state index in [1.807, 2.05) is 12.1 Å². The number of rotatable bonds is 3. The Kier molecular flexibility index (Phi) is 3.55. The summed E-state index contributed by atoms with van der Waals surface area (Å²) in [5, 5.41) is 11.3. The molecular formula is C8H8BrN3. The SMILES string of the molecule is N#CCCNc1cc(Br)ccn1. The molecule has 1 rings (SSSR count). The lowest BCUT2D eigenvalue weighted by atomic mass is 10.4. The van der Waals surface area contributed by atoms with Gasteiger partial charge < -0.3 is 5.32 Å². The van der Waals surface area contributed by atoms with Gasteiger partial charge in [-0.05, 0) is 12.1 Å². The summed E-state index contributed by atoms with van der Waals surface area (Å²) < 4.78 is 0.983. The van der Waals surface area contributed by atoms with Crippen molar-refractivity contribution in [1.29, 1.82) is 5.26 Å². The maximum Gasteiger partial charge on any atom is 0.127 e. The van der Waals surface area contributed by atoms with Crippen LogP contribution < -0.4 is 5.32 Å². The van der Waals surface area contributed by atoms with E-state index in [2.05, 4.69) is 32.3 Å². The molecule has 0 spiro atoms. The first-order valence-electron chi connectivity index (χ1n) is 3.55. The average molecular weight is 226 g/mol. The van der Waals surface area contributed by atoms with Crippen molar-refractivity contribution in [3.8, 4) is 6.07 Å². The Morgan fingerprint density at radius 3 is 3.17 bits per heavy atom. The number of nitrogens with one attached hydrogen (secondary N) is 1. The number of aromatic nitrogens is 1. The van der Waals surface area contributed by atoms with Crippen LogP contribution in [-0.2, 0) is 0 Å². The highest BCUT2D eigenvalue weighted by molar-refractivity contribution is 9.10. The van der Waals surface area contributed by atoms with Gasteiger partial charge >= 0.3 is 0 Å². The van der Waals surface area contributed by atoms with Crippen LogP contribution in [0.1, 0.15) is 6.42 Å². The topological polar surface area (TPSA) is 48.7 Å². The van der Waals surface area contributed by atoms with E-state index in [1.54, 1.807) is 6.20 Å². The van der Waals surface area contributed by atoms with Gasteiger partial charge in [-0.1, -0.05) is 15.9 Å². The van der Waals surface area contributed by atoms with Gasteiger partial charge in [0, 0.05) is 17.2 Å². The van der Waals surface area contributed by atoms with Crippen molar-refractivity contribution in [3.05, 3.63) is 22.8 Å². The molecule has 0 aromatic carbocycles. The number of nitrogens with zero attached hydrogens (tertiary/aromatic N) is 2. The first-order chi connectivity index (χ1) is 5.83. The second-order valence-electron chi connectivity index (χ2n) is 2.19. The zero-order valence-electron chi connectivity index (χ0n) is 6.42. The number of nitriles is 1. The number of halogens is 1. The Balaban J connectivity index is 2.48. The molecule has 0 fully saturated rings. The minimum atomic E-state index is 0.494. The highest BCUT2D eigenvalue weighted by Gasteiger charge is 1.92.